The number of carbonyl (C=O) groups excluding carboxylic acids is 1. The Morgan fingerprint density at radius 3 is 2.40 bits per heavy atom. The first-order chi connectivity index (χ1) is 16.7. The van der Waals surface area contributed by atoms with Gasteiger partial charge < -0.3 is 14.2 Å². The van der Waals surface area contributed by atoms with Gasteiger partial charge in [0.15, 0.2) is 4.88 Å². The van der Waals surface area contributed by atoms with Crippen LogP contribution in [0.25, 0.3) is 0 Å². The number of hydrogen-bond acceptors (Lipinski definition) is 10. The van der Waals surface area contributed by atoms with Crippen LogP contribution in [0.5, 0.6) is 5.75 Å². The van der Waals surface area contributed by atoms with Gasteiger partial charge in [0.25, 0.3) is 10.1 Å². The van der Waals surface area contributed by atoms with E-state index in [2.05, 4.69) is 4.74 Å². The average molecular weight is 522 g/mol. The van der Waals surface area contributed by atoms with E-state index in [4.69, 9.17) is 13.7 Å². The fourth-order valence-electron chi connectivity index (χ4n) is 2.96. The van der Waals surface area contributed by atoms with Crippen molar-refractivity contribution >= 4 is 33.1 Å². The third-order valence-corrected chi connectivity index (χ3v) is 7.00. The van der Waals surface area contributed by atoms with Gasteiger partial charge in [-0.05, 0) is 24.6 Å². The van der Waals surface area contributed by atoms with Gasteiger partial charge >= 0.3 is 11.7 Å². The third kappa shape index (κ3) is 7.09. The highest BCUT2D eigenvalue weighted by molar-refractivity contribution is 7.86. The predicted octanol–water partition coefficient (Wildman–Crippen LogP) is 4.12. The quantitative estimate of drug-likeness (QED) is 0.149. The van der Waals surface area contributed by atoms with Gasteiger partial charge in [0.05, 0.1) is 30.1 Å². The number of aryl methyl sites for hydroxylation is 1. The second-order valence-electron chi connectivity index (χ2n) is 7.32. The summed E-state index contributed by atoms with van der Waals surface area (Å²) in [5.41, 5.74) is 1.18. The smallest absolute Gasteiger partial charge is 0.355 e. The number of hydrogen-bond donors (Lipinski definition) is 0. The molecule has 0 amide bonds. The monoisotopic (exact) mass is 521 g/mol. The number of ether oxygens (including phenoxy) is 3. The van der Waals surface area contributed by atoms with E-state index in [-0.39, 0.29) is 28.7 Å². The number of nitro groups is 1. The van der Waals surface area contributed by atoms with Crippen LogP contribution in [0, 0.1) is 17.0 Å². The summed E-state index contributed by atoms with van der Waals surface area (Å²) in [4.78, 5) is 22.3. The van der Waals surface area contributed by atoms with Gasteiger partial charge in [0.1, 0.15) is 12.7 Å². The molecule has 1 heterocycles. The van der Waals surface area contributed by atoms with Crippen LogP contribution in [0.1, 0.15) is 20.8 Å². The molecule has 3 aromatic rings. The highest BCUT2D eigenvalue weighted by Gasteiger charge is 2.31. The maximum Gasteiger partial charge on any atom is 0.355 e. The normalized spacial score (nSPS) is 12.2. The Balaban J connectivity index is 1.77. The molecule has 1 unspecified atom stereocenters. The summed E-state index contributed by atoms with van der Waals surface area (Å²) in [7, 11) is -3.07. The molecule has 1 aromatic heterocycles. The van der Waals surface area contributed by atoms with Crippen molar-refractivity contribution in [2.75, 3.05) is 20.3 Å². The Kier molecular flexibility index (Phi) is 8.93. The first kappa shape index (κ1) is 26.3. The summed E-state index contributed by atoms with van der Waals surface area (Å²) < 4.78 is 46.7. The number of carbonyl (C=O) groups is 1. The van der Waals surface area contributed by atoms with E-state index < -0.39 is 39.4 Å². The topological polar surface area (TPSA) is 131 Å². The van der Waals surface area contributed by atoms with Crippen molar-refractivity contribution < 1.29 is 36.5 Å². The standard InChI is InChI=1S/C23H23NO9S2/c1-16-8-10-19(11-9-16)35(28,29)33-18(13-31-12-17-6-4-3-5-7-17)14-32-20-15-34-22(23(25)30-2)21(20)24(26)27/h3-11,15,18H,12-14H2,1-2H3. The number of methoxy groups -OCH3 is 1. The molecule has 0 saturated carbocycles. The van der Waals surface area contributed by atoms with Crippen LogP contribution in [0.2, 0.25) is 0 Å². The maximum atomic E-state index is 12.8. The van der Waals surface area contributed by atoms with Crippen molar-refractivity contribution in [2.45, 2.75) is 24.5 Å². The lowest BCUT2D eigenvalue weighted by molar-refractivity contribution is -0.385. The predicted molar refractivity (Wildman–Crippen MR) is 127 cm³/mol. The Morgan fingerprint density at radius 2 is 1.77 bits per heavy atom. The van der Waals surface area contributed by atoms with Gasteiger partial charge in [0.2, 0.25) is 5.75 Å². The van der Waals surface area contributed by atoms with Crippen LogP contribution in [-0.4, -0.2) is 45.7 Å². The Bertz CT molecular complexity index is 1260. The van der Waals surface area contributed by atoms with Crippen molar-refractivity contribution in [3.05, 3.63) is 86.1 Å². The van der Waals surface area contributed by atoms with Crippen LogP contribution in [0.3, 0.4) is 0 Å². The van der Waals surface area contributed by atoms with Gasteiger partial charge in [-0.1, -0.05) is 48.0 Å². The number of esters is 1. The number of benzene rings is 2. The lowest BCUT2D eigenvalue weighted by Crippen LogP contribution is -2.30. The minimum Gasteiger partial charge on any atom is -0.483 e. The molecular weight excluding hydrogens is 498 g/mol. The molecule has 0 radical (unpaired) electrons. The van der Waals surface area contributed by atoms with Crippen molar-refractivity contribution in [1.29, 1.82) is 0 Å². The molecule has 35 heavy (non-hydrogen) atoms. The summed E-state index contributed by atoms with van der Waals surface area (Å²) >= 11 is 0.784. The van der Waals surface area contributed by atoms with Crippen molar-refractivity contribution in [3.8, 4) is 5.75 Å². The number of rotatable bonds is 12. The van der Waals surface area contributed by atoms with Crippen LogP contribution in [0.15, 0.2) is 64.9 Å². The molecular formula is C23H23NO9S2. The molecule has 0 saturated heterocycles. The van der Waals surface area contributed by atoms with Gasteiger partial charge in [-0.2, -0.15) is 8.42 Å². The third-order valence-electron chi connectivity index (χ3n) is 4.70. The van der Waals surface area contributed by atoms with Gasteiger partial charge in [-0.25, -0.2) is 4.79 Å². The second kappa shape index (κ2) is 11.9. The summed E-state index contributed by atoms with van der Waals surface area (Å²) in [6, 6.07) is 15.3. The zero-order valence-electron chi connectivity index (χ0n) is 18.9. The Morgan fingerprint density at radius 1 is 1.09 bits per heavy atom. The van der Waals surface area contributed by atoms with E-state index in [9.17, 15) is 23.3 Å². The van der Waals surface area contributed by atoms with Gasteiger partial charge in [0, 0.05) is 5.38 Å². The second-order valence-corrected chi connectivity index (χ2v) is 9.78. The van der Waals surface area contributed by atoms with E-state index >= 15 is 0 Å². The van der Waals surface area contributed by atoms with Crippen molar-refractivity contribution in [3.63, 3.8) is 0 Å². The van der Waals surface area contributed by atoms with Crippen LogP contribution in [-0.2, 0) is 30.4 Å². The summed E-state index contributed by atoms with van der Waals surface area (Å²) in [6.45, 7) is 1.44. The molecule has 0 aliphatic carbocycles. The van der Waals surface area contributed by atoms with E-state index in [1.807, 2.05) is 37.3 Å². The fraction of sp³-hybridized carbons (Fsp3) is 0.261. The number of thiophene rings is 1. The zero-order chi connectivity index (χ0) is 25.4. The molecule has 0 spiro atoms. The van der Waals surface area contributed by atoms with E-state index in [0.717, 1.165) is 29.6 Å². The molecule has 10 nitrogen and oxygen atoms in total. The summed E-state index contributed by atoms with van der Waals surface area (Å²) in [6.07, 6.45) is -1.13. The Labute approximate surface area is 206 Å². The largest absolute Gasteiger partial charge is 0.483 e. The molecule has 0 bridgehead atoms. The molecule has 0 aliphatic rings. The zero-order valence-corrected chi connectivity index (χ0v) is 20.5. The molecule has 12 heteroatoms. The lowest BCUT2D eigenvalue weighted by Gasteiger charge is -2.18. The van der Waals surface area contributed by atoms with Crippen LogP contribution in [0.4, 0.5) is 5.69 Å². The molecule has 2 aromatic carbocycles. The molecule has 0 N–H and O–H groups in total. The molecule has 3 rings (SSSR count). The lowest BCUT2D eigenvalue weighted by atomic mass is 10.2. The molecule has 186 valence electrons. The average Bonchev–Trinajstić information content (AvgIpc) is 3.27. The van der Waals surface area contributed by atoms with Gasteiger partial charge in [-0.3, -0.25) is 14.3 Å². The van der Waals surface area contributed by atoms with E-state index in [1.165, 1.54) is 17.5 Å². The fourth-order valence-corrected chi connectivity index (χ4v) is 4.88. The van der Waals surface area contributed by atoms with Crippen LogP contribution < -0.4 is 4.74 Å². The molecule has 0 fully saturated rings. The highest BCUT2D eigenvalue weighted by Crippen LogP contribution is 2.37. The van der Waals surface area contributed by atoms with Crippen molar-refractivity contribution in [2.24, 2.45) is 0 Å². The number of nitrogens with zero attached hydrogens (tertiary/aromatic N) is 1. The minimum atomic E-state index is -4.18. The minimum absolute atomic E-state index is 0.0503. The maximum absolute atomic E-state index is 12.8. The molecule has 1 atom stereocenters. The van der Waals surface area contributed by atoms with Gasteiger partial charge in [-0.15, -0.1) is 11.3 Å². The Hall–Kier alpha value is -3.32. The summed E-state index contributed by atoms with van der Waals surface area (Å²) in [5.74, 6) is -1.08. The molecule has 0 aliphatic heterocycles. The summed E-state index contributed by atoms with van der Waals surface area (Å²) in [5, 5.41) is 12.8. The first-order valence-electron chi connectivity index (χ1n) is 10.3. The van der Waals surface area contributed by atoms with Crippen molar-refractivity contribution in [1.82, 2.24) is 0 Å². The highest BCUT2D eigenvalue weighted by atomic mass is 32.2. The van der Waals surface area contributed by atoms with E-state index in [0.29, 0.717) is 0 Å². The first-order valence-corrected chi connectivity index (χ1v) is 12.6. The van der Waals surface area contributed by atoms with E-state index in [1.54, 1.807) is 12.1 Å². The SMILES string of the molecule is COC(=O)c1scc(OCC(COCc2ccccc2)OS(=O)(=O)c2ccc(C)cc2)c1[N+](=O)[O-]. The van der Waals surface area contributed by atoms with Crippen LogP contribution >= 0.6 is 11.3 Å².